The van der Waals surface area contributed by atoms with E-state index in [2.05, 4.69) is 54.7 Å². The Morgan fingerprint density at radius 2 is 1.84 bits per heavy atom. The summed E-state index contributed by atoms with van der Waals surface area (Å²) in [5.41, 5.74) is 2.04. The molecule has 0 saturated heterocycles. The second kappa shape index (κ2) is 5.34. The maximum atomic E-state index is 3.65. The average Bonchev–Trinajstić information content (AvgIpc) is 3.19. The van der Waals surface area contributed by atoms with Gasteiger partial charge >= 0.3 is 0 Å². The zero-order valence-electron chi connectivity index (χ0n) is 11.8. The summed E-state index contributed by atoms with van der Waals surface area (Å²) in [7, 11) is 0. The van der Waals surface area contributed by atoms with Gasteiger partial charge in [0.15, 0.2) is 0 Å². The minimum absolute atomic E-state index is 0.644. The molecule has 0 radical (unpaired) electrons. The maximum absolute atomic E-state index is 3.65. The number of nitrogens with one attached hydrogen (secondary N) is 1. The number of hydrogen-bond donors (Lipinski definition) is 1. The first kappa shape index (κ1) is 12.7. The summed E-state index contributed by atoms with van der Waals surface area (Å²) >= 11 is 0. The molecule has 0 amide bonds. The van der Waals surface area contributed by atoms with Gasteiger partial charge in [-0.1, -0.05) is 49.7 Å². The second-order valence-electron chi connectivity index (χ2n) is 6.04. The monoisotopic (exact) mass is 253 g/mol. The quantitative estimate of drug-likeness (QED) is 0.798. The van der Waals surface area contributed by atoms with Gasteiger partial charge in [0.25, 0.3) is 0 Å². The van der Waals surface area contributed by atoms with Crippen LogP contribution in [0.3, 0.4) is 0 Å². The molecule has 0 bridgehead atoms. The lowest BCUT2D eigenvalue weighted by Crippen LogP contribution is -2.23. The summed E-state index contributed by atoms with van der Waals surface area (Å²) in [5.74, 6) is 0. The van der Waals surface area contributed by atoms with E-state index in [9.17, 15) is 0 Å². The van der Waals surface area contributed by atoms with Crippen LogP contribution in [0.4, 0.5) is 0 Å². The van der Waals surface area contributed by atoms with Crippen molar-refractivity contribution in [3.63, 3.8) is 0 Å². The minimum Gasteiger partial charge on any atom is -0.312 e. The predicted octanol–water partition coefficient (Wildman–Crippen LogP) is 4.51. The van der Waals surface area contributed by atoms with E-state index >= 15 is 0 Å². The van der Waals surface area contributed by atoms with Crippen LogP contribution in [0, 0.1) is 5.41 Å². The van der Waals surface area contributed by atoms with Crippen LogP contribution in [0.15, 0.2) is 42.5 Å². The SMILES string of the molecule is CCCC1(CNCc2ccc3ccccc3c2)CC1. The summed E-state index contributed by atoms with van der Waals surface area (Å²) in [6.07, 6.45) is 5.55. The lowest BCUT2D eigenvalue weighted by molar-refractivity contribution is 0.421. The van der Waals surface area contributed by atoms with E-state index in [0.29, 0.717) is 5.41 Å². The van der Waals surface area contributed by atoms with Crippen LogP contribution in [0.5, 0.6) is 0 Å². The van der Waals surface area contributed by atoms with Crippen molar-refractivity contribution in [1.82, 2.24) is 5.32 Å². The zero-order valence-corrected chi connectivity index (χ0v) is 11.8. The molecule has 1 saturated carbocycles. The standard InChI is InChI=1S/C18H23N/c1-2-9-18(10-11-18)14-19-13-15-7-8-16-5-3-4-6-17(16)12-15/h3-8,12,19H,2,9-11,13-14H2,1H3. The normalized spacial score (nSPS) is 16.7. The van der Waals surface area contributed by atoms with Crippen molar-refractivity contribution < 1.29 is 0 Å². The van der Waals surface area contributed by atoms with Crippen LogP contribution in [0.2, 0.25) is 0 Å². The van der Waals surface area contributed by atoms with Crippen molar-refractivity contribution in [2.24, 2.45) is 5.41 Å². The first-order valence-corrected chi connectivity index (χ1v) is 7.50. The van der Waals surface area contributed by atoms with Crippen molar-refractivity contribution in [2.45, 2.75) is 39.2 Å². The Kier molecular flexibility index (Phi) is 3.56. The van der Waals surface area contributed by atoms with Gasteiger partial charge in [0.1, 0.15) is 0 Å². The molecule has 0 aromatic heterocycles. The maximum Gasteiger partial charge on any atom is 0.0205 e. The van der Waals surface area contributed by atoms with Crippen molar-refractivity contribution >= 4 is 10.8 Å². The highest BCUT2D eigenvalue weighted by atomic mass is 14.9. The molecule has 2 aromatic carbocycles. The molecule has 1 heteroatoms. The predicted molar refractivity (Wildman–Crippen MR) is 82.2 cm³/mol. The van der Waals surface area contributed by atoms with Crippen molar-refractivity contribution in [1.29, 1.82) is 0 Å². The molecule has 0 heterocycles. The van der Waals surface area contributed by atoms with Gasteiger partial charge in [-0.25, -0.2) is 0 Å². The lowest BCUT2D eigenvalue weighted by Gasteiger charge is -2.15. The Balaban J connectivity index is 1.59. The first-order valence-electron chi connectivity index (χ1n) is 7.50. The molecule has 3 rings (SSSR count). The highest BCUT2D eigenvalue weighted by molar-refractivity contribution is 5.82. The van der Waals surface area contributed by atoms with E-state index in [1.807, 2.05) is 0 Å². The number of fused-ring (bicyclic) bond motifs is 1. The van der Waals surface area contributed by atoms with Gasteiger partial charge in [-0.2, -0.15) is 0 Å². The Hall–Kier alpha value is -1.34. The van der Waals surface area contributed by atoms with Gasteiger partial charge in [0.05, 0.1) is 0 Å². The zero-order chi connectivity index (χ0) is 13.1. The van der Waals surface area contributed by atoms with Gasteiger partial charge < -0.3 is 5.32 Å². The molecule has 1 N–H and O–H groups in total. The van der Waals surface area contributed by atoms with E-state index in [0.717, 1.165) is 6.54 Å². The number of benzene rings is 2. The molecule has 1 nitrogen and oxygen atoms in total. The molecule has 0 atom stereocenters. The van der Waals surface area contributed by atoms with Crippen LogP contribution in [-0.2, 0) is 6.54 Å². The van der Waals surface area contributed by atoms with Crippen LogP contribution in [-0.4, -0.2) is 6.54 Å². The fourth-order valence-corrected chi connectivity index (χ4v) is 3.04. The van der Waals surface area contributed by atoms with Gasteiger partial charge in [-0.3, -0.25) is 0 Å². The highest BCUT2D eigenvalue weighted by Crippen LogP contribution is 2.48. The smallest absolute Gasteiger partial charge is 0.0205 e. The van der Waals surface area contributed by atoms with Gasteiger partial charge in [-0.15, -0.1) is 0 Å². The topological polar surface area (TPSA) is 12.0 Å². The molecule has 0 unspecified atom stereocenters. The molecular formula is C18H23N. The molecule has 1 fully saturated rings. The van der Waals surface area contributed by atoms with Gasteiger partial charge in [0.2, 0.25) is 0 Å². The second-order valence-corrected chi connectivity index (χ2v) is 6.04. The van der Waals surface area contributed by atoms with Crippen molar-refractivity contribution in [3.05, 3.63) is 48.0 Å². The molecule has 2 aromatic rings. The molecule has 0 aliphatic heterocycles. The molecule has 1 aliphatic carbocycles. The molecule has 1 aliphatic rings. The molecule has 100 valence electrons. The molecular weight excluding hydrogens is 230 g/mol. The summed E-state index contributed by atoms with van der Waals surface area (Å²) in [6.45, 7) is 4.48. The average molecular weight is 253 g/mol. The molecule has 0 spiro atoms. The minimum atomic E-state index is 0.644. The summed E-state index contributed by atoms with van der Waals surface area (Å²) < 4.78 is 0. The Bertz CT molecular complexity index is 554. The van der Waals surface area contributed by atoms with E-state index in [4.69, 9.17) is 0 Å². The fraction of sp³-hybridized carbons (Fsp3) is 0.444. The number of rotatable bonds is 6. The van der Waals surface area contributed by atoms with Crippen LogP contribution < -0.4 is 5.32 Å². The van der Waals surface area contributed by atoms with Gasteiger partial charge in [-0.05, 0) is 47.1 Å². The Labute approximate surface area is 116 Å². The highest BCUT2D eigenvalue weighted by Gasteiger charge is 2.40. The first-order chi connectivity index (χ1) is 9.31. The Morgan fingerprint density at radius 3 is 2.58 bits per heavy atom. The van der Waals surface area contributed by atoms with E-state index in [-0.39, 0.29) is 0 Å². The van der Waals surface area contributed by atoms with Gasteiger partial charge in [0, 0.05) is 13.1 Å². The number of hydrogen-bond acceptors (Lipinski definition) is 1. The summed E-state index contributed by atoms with van der Waals surface area (Å²) in [5, 5.41) is 6.33. The van der Waals surface area contributed by atoms with E-state index < -0.39 is 0 Å². The van der Waals surface area contributed by atoms with Crippen molar-refractivity contribution in [2.75, 3.05) is 6.54 Å². The molecule has 19 heavy (non-hydrogen) atoms. The lowest BCUT2D eigenvalue weighted by atomic mass is 10.0. The Morgan fingerprint density at radius 1 is 1.05 bits per heavy atom. The van der Waals surface area contributed by atoms with Crippen molar-refractivity contribution in [3.8, 4) is 0 Å². The van der Waals surface area contributed by atoms with Crippen LogP contribution >= 0.6 is 0 Å². The third-order valence-corrected chi connectivity index (χ3v) is 4.38. The summed E-state index contributed by atoms with van der Waals surface area (Å²) in [6, 6.07) is 15.4. The van der Waals surface area contributed by atoms with E-state index in [1.165, 1.54) is 48.6 Å². The summed E-state index contributed by atoms with van der Waals surface area (Å²) in [4.78, 5) is 0. The third-order valence-electron chi connectivity index (χ3n) is 4.38. The van der Waals surface area contributed by atoms with Crippen LogP contribution in [0.1, 0.15) is 38.2 Å². The largest absolute Gasteiger partial charge is 0.312 e. The van der Waals surface area contributed by atoms with E-state index in [1.54, 1.807) is 0 Å². The fourth-order valence-electron chi connectivity index (χ4n) is 3.04. The van der Waals surface area contributed by atoms with Crippen LogP contribution in [0.25, 0.3) is 10.8 Å². The third kappa shape index (κ3) is 2.98.